The molecular formula is C7H3NNa2O7S2. The number of allylic oxidation sites excluding steroid dienone is 1. The zero-order chi connectivity index (χ0) is 13.4. The van der Waals surface area contributed by atoms with Gasteiger partial charge < -0.3 is 14.5 Å². The molecule has 0 aliphatic heterocycles. The molecule has 0 saturated heterocycles. The molecule has 0 atom stereocenters. The minimum atomic E-state index is -5.19. The van der Waals surface area contributed by atoms with Gasteiger partial charge >= 0.3 is 59.1 Å². The number of aliphatic carboxylic acids is 1. The molecule has 0 aromatic carbocycles. The first-order chi connectivity index (χ1) is 7.64. The van der Waals surface area contributed by atoms with E-state index in [4.69, 9.17) is 0 Å². The summed E-state index contributed by atoms with van der Waals surface area (Å²) in [6, 6.07) is 0. The second kappa shape index (κ2) is 7.96. The van der Waals surface area contributed by atoms with Crippen molar-refractivity contribution in [3.05, 3.63) is 32.4 Å². The van der Waals surface area contributed by atoms with Crippen molar-refractivity contribution in [1.82, 2.24) is 0 Å². The van der Waals surface area contributed by atoms with Crippen LogP contribution in [0, 0.1) is 10.1 Å². The molecule has 0 amide bonds. The van der Waals surface area contributed by atoms with Crippen LogP contribution in [0.4, 0.5) is 0 Å². The molecular weight excluding hydrogens is 320 g/mol. The maximum atomic E-state index is 10.8. The number of nitrogens with zero attached hydrogens (tertiary/aromatic N) is 1. The number of hydrogen-bond donors (Lipinski definition) is 0. The molecule has 0 heterocycles. The molecule has 1 rings (SSSR count). The van der Waals surface area contributed by atoms with E-state index in [9.17, 15) is 33.0 Å². The SMILES string of the molecule is O=C([O-])C1=C([N+](=O)[O-])C(S(=O)(=O)[O-])=CC(=S)C1.[Na+].[Na+]. The molecule has 0 spiro atoms. The van der Waals surface area contributed by atoms with Gasteiger partial charge in [0.05, 0.1) is 16.5 Å². The Balaban J connectivity index is 0. The van der Waals surface area contributed by atoms with Crippen LogP contribution >= 0.6 is 12.2 Å². The summed E-state index contributed by atoms with van der Waals surface area (Å²) in [5, 5.41) is 21.2. The van der Waals surface area contributed by atoms with Gasteiger partial charge in [-0.2, -0.15) is 0 Å². The van der Waals surface area contributed by atoms with Crippen LogP contribution in [-0.2, 0) is 14.9 Å². The minimum absolute atomic E-state index is 0. The van der Waals surface area contributed by atoms with E-state index in [1.54, 1.807) is 0 Å². The van der Waals surface area contributed by atoms with E-state index >= 15 is 0 Å². The van der Waals surface area contributed by atoms with Crippen molar-refractivity contribution in [1.29, 1.82) is 0 Å². The number of carboxylic acids is 1. The average molecular weight is 323 g/mol. The van der Waals surface area contributed by atoms with Crippen LogP contribution in [0.15, 0.2) is 22.3 Å². The van der Waals surface area contributed by atoms with Gasteiger partial charge in [0, 0.05) is 11.3 Å². The molecule has 0 aromatic heterocycles. The van der Waals surface area contributed by atoms with Crippen LogP contribution < -0.4 is 64.2 Å². The maximum Gasteiger partial charge on any atom is 1.00 e. The van der Waals surface area contributed by atoms with E-state index < -0.39 is 43.6 Å². The summed E-state index contributed by atoms with van der Waals surface area (Å²) < 4.78 is 32.3. The van der Waals surface area contributed by atoms with Crippen LogP contribution in [0.25, 0.3) is 0 Å². The van der Waals surface area contributed by atoms with Gasteiger partial charge in [0.2, 0.25) is 0 Å². The molecule has 1 aliphatic rings. The van der Waals surface area contributed by atoms with Gasteiger partial charge in [0.1, 0.15) is 15.0 Å². The number of hydrogen-bond acceptors (Lipinski definition) is 8. The Labute approximate surface area is 157 Å². The summed E-state index contributed by atoms with van der Waals surface area (Å²) in [6.07, 6.45) is 0.0925. The van der Waals surface area contributed by atoms with Crippen LogP contribution in [0.1, 0.15) is 6.42 Å². The van der Waals surface area contributed by atoms with Crippen molar-refractivity contribution in [3.63, 3.8) is 0 Å². The Bertz CT molecular complexity index is 591. The molecule has 0 N–H and O–H groups in total. The largest absolute Gasteiger partial charge is 1.00 e. The molecule has 12 heteroatoms. The van der Waals surface area contributed by atoms with Gasteiger partial charge in [-0.1, -0.05) is 12.2 Å². The first-order valence-electron chi connectivity index (χ1n) is 3.94. The summed E-state index contributed by atoms with van der Waals surface area (Å²) in [4.78, 5) is 18.5. The third-order valence-corrected chi connectivity index (χ3v) is 2.97. The molecule has 0 aromatic rings. The number of carbonyl (C=O) groups excluding carboxylic acids is 1. The Morgan fingerprint density at radius 2 is 1.84 bits per heavy atom. The molecule has 0 unspecified atom stereocenters. The van der Waals surface area contributed by atoms with Gasteiger partial charge in [-0.3, -0.25) is 10.1 Å². The van der Waals surface area contributed by atoms with Crippen molar-refractivity contribution in [2.45, 2.75) is 6.42 Å². The fourth-order valence-corrected chi connectivity index (χ4v) is 2.29. The zero-order valence-corrected chi connectivity index (χ0v) is 15.5. The summed E-state index contributed by atoms with van der Waals surface area (Å²) in [5.74, 6) is -1.94. The quantitative estimate of drug-likeness (QED) is 0.164. The van der Waals surface area contributed by atoms with E-state index in [-0.39, 0.29) is 64.0 Å². The minimum Gasteiger partial charge on any atom is -0.744 e. The van der Waals surface area contributed by atoms with Crippen molar-refractivity contribution in [3.8, 4) is 0 Å². The molecule has 0 saturated carbocycles. The maximum absolute atomic E-state index is 10.8. The van der Waals surface area contributed by atoms with Crippen molar-refractivity contribution in [2.75, 3.05) is 0 Å². The van der Waals surface area contributed by atoms with Crippen LogP contribution in [0.2, 0.25) is 0 Å². The van der Waals surface area contributed by atoms with Crippen LogP contribution in [0.5, 0.6) is 0 Å². The van der Waals surface area contributed by atoms with Crippen molar-refractivity contribution >= 4 is 33.2 Å². The number of carbonyl (C=O) groups is 1. The summed E-state index contributed by atoms with van der Waals surface area (Å²) >= 11 is 4.56. The van der Waals surface area contributed by atoms with Gasteiger partial charge in [-0.05, 0) is 6.08 Å². The van der Waals surface area contributed by atoms with E-state index in [1.165, 1.54) is 0 Å². The molecule has 92 valence electrons. The second-order valence-electron chi connectivity index (χ2n) is 2.98. The standard InChI is InChI=1S/C7H5NO7S2.2Na/c9-7(10)4-1-3(16)2-5(17(13,14)15)6(4)8(11)12;;/h2H,1H2,(H,9,10)(H,13,14,15);;/q;2*+1/p-2. The smallest absolute Gasteiger partial charge is 0.744 e. The number of thiocarbonyl (C=S) groups is 1. The van der Waals surface area contributed by atoms with E-state index in [2.05, 4.69) is 12.2 Å². The van der Waals surface area contributed by atoms with Crippen molar-refractivity contribution in [2.24, 2.45) is 0 Å². The van der Waals surface area contributed by atoms with E-state index in [0.717, 1.165) is 0 Å². The second-order valence-corrected chi connectivity index (χ2v) is 4.85. The number of rotatable bonds is 3. The predicted molar refractivity (Wildman–Crippen MR) is 54.0 cm³/mol. The van der Waals surface area contributed by atoms with E-state index in [1.807, 2.05) is 0 Å². The molecule has 0 fully saturated rings. The fraction of sp³-hybridized carbons (Fsp3) is 0.143. The number of carboxylic acid groups (broad SMARTS) is 1. The molecule has 19 heavy (non-hydrogen) atoms. The van der Waals surface area contributed by atoms with Gasteiger partial charge in [0.25, 0.3) is 5.70 Å². The van der Waals surface area contributed by atoms with Gasteiger partial charge in [-0.15, -0.1) is 0 Å². The predicted octanol–water partition coefficient (Wildman–Crippen LogP) is -7.52. The molecule has 0 bridgehead atoms. The normalized spacial score (nSPS) is 15.0. The van der Waals surface area contributed by atoms with Crippen LogP contribution in [-0.4, -0.2) is 28.7 Å². The van der Waals surface area contributed by atoms with Crippen molar-refractivity contribution < 1.29 is 86.9 Å². The van der Waals surface area contributed by atoms with Crippen LogP contribution in [0.3, 0.4) is 0 Å². The monoisotopic (exact) mass is 323 g/mol. The fourth-order valence-electron chi connectivity index (χ4n) is 1.23. The molecule has 1 aliphatic carbocycles. The Morgan fingerprint density at radius 3 is 2.16 bits per heavy atom. The number of nitro groups is 1. The van der Waals surface area contributed by atoms with E-state index in [0.29, 0.717) is 6.08 Å². The third kappa shape index (κ3) is 5.33. The Morgan fingerprint density at radius 1 is 1.37 bits per heavy atom. The zero-order valence-electron chi connectivity index (χ0n) is 9.91. The summed E-state index contributed by atoms with van der Waals surface area (Å²) in [5.41, 5.74) is -2.20. The average Bonchev–Trinajstić information content (AvgIpc) is 2.14. The first kappa shape index (κ1) is 21.6. The van der Waals surface area contributed by atoms with Gasteiger partial charge in [-0.25, -0.2) is 8.42 Å². The first-order valence-corrected chi connectivity index (χ1v) is 5.76. The summed E-state index contributed by atoms with van der Waals surface area (Å²) in [6.45, 7) is 0. The molecule has 0 radical (unpaired) electrons. The third-order valence-electron chi connectivity index (χ3n) is 1.86. The van der Waals surface area contributed by atoms with Gasteiger partial charge in [0.15, 0.2) is 0 Å². The Hall–Kier alpha value is 0.350. The Kier molecular flexibility index (Phi) is 9.06. The summed E-state index contributed by atoms with van der Waals surface area (Å²) in [7, 11) is -5.19. The molecule has 8 nitrogen and oxygen atoms in total. The topological polar surface area (TPSA) is 140 Å².